The number of carbonyl (C=O) groups is 2. The highest BCUT2D eigenvalue weighted by Gasteiger charge is 2.25. The smallest absolute Gasteiger partial charge is 0.274 e. The van der Waals surface area contributed by atoms with Crippen molar-refractivity contribution in [2.45, 2.75) is 45.1 Å². The molecule has 0 bridgehead atoms. The van der Waals surface area contributed by atoms with Crippen molar-refractivity contribution in [3.8, 4) is 0 Å². The first-order chi connectivity index (χ1) is 16.5. The fraction of sp³-hybridized carbons (Fsp3) is 0.321. The van der Waals surface area contributed by atoms with Crippen LogP contribution < -0.4 is 16.0 Å². The molecule has 1 aromatic heterocycles. The number of aromatic nitrogens is 1. The molecule has 1 aliphatic carbocycles. The second-order valence-electron chi connectivity index (χ2n) is 9.51. The third kappa shape index (κ3) is 4.96. The SMILES string of the molecule is CC1CCC(C(=O)Nc2ccc(C3Cc4cc(NC(=O)c5ccccn5)ccc4N3)cc2)CC1. The zero-order valence-electron chi connectivity index (χ0n) is 19.4. The molecule has 2 aromatic carbocycles. The molecule has 2 aliphatic rings. The molecule has 1 saturated carbocycles. The normalized spacial score (nSPS) is 21.3. The average Bonchev–Trinajstić information content (AvgIpc) is 3.29. The molecule has 1 aliphatic heterocycles. The standard InChI is InChI=1S/C28H30N4O2/c1-18-5-7-20(8-6-18)27(33)30-22-11-9-19(10-12-22)26-17-21-16-23(13-14-24(21)32-26)31-28(34)25-4-2-3-15-29-25/h2-4,9-16,18,20,26,32H,5-8,17H2,1H3,(H,30,33)(H,31,34). The predicted octanol–water partition coefficient (Wildman–Crippen LogP) is 5.81. The number of nitrogens with one attached hydrogen (secondary N) is 3. The predicted molar refractivity (Wildman–Crippen MR) is 135 cm³/mol. The zero-order valence-corrected chi connectivity index (χ0v) is 19.4. The topological polar surface area (TPSA) is 83.1 Å². The number of hydrogen-bond acceptors (Lipinski definition) is 4. The van der Waals surface area contributed by atoms with Gasteiger partial charge >= 0.3 is 0 Å². The average molecular weight is 455 g/mol. The van der Waals surface area contributed by atoms with E-state index in [1.807, 2.05) is 30.3 Å². The van der Waals surface area contributed by atoms with Gasteiger partial charge in [0, 0.05) is 29.2 Å². The van der Waals surface area contributed by atoms with E-state index in [1.165, 1.54) is 5.56 Å². The second kappa shape index (κ2) is 9.67. The van der Waals surface area contributed by atoms with Crippen LogP contribution in [0.15, 0.2) is 66.9 Å². The number of pyridine rings is 1. The molecule has 1 unspecified atom stereocenters. The summed E-state index contributed by atoms with van der Waals surface area (Å²) in [5.74, 6) is 0.795. The Morgan fingerprint density at radius 2 is 1.68 bits per heavy atom. The summed E-state index contributed by atoms with van der Waals surface area (Å²) in [4.78, 5) is 29.1. The molecule has 34 heavy (non-hydrogen) atoms. The molecule has 2 amide bonds. The molecule has 0 spiro atoms. The van der Waals surface area contributed by atoms with Crippen LogP contribution in [0, 0.1) is 11.8 Å². The number of anilines is 3. The van der Waals surface area contributed by atoms with E-state index in [9.17, 15) is 9.59 Å². The number of nitrogens with zero attached hydrogens (tertiary/aromatic N) is 1. The van der Waals surface area contributed by atoms with Crippen LogP contribution in [0.3, 0.4) is 0 Å². The van der Waals surface area contributed by atoms with Crippen molar-refractivity contribution in [3.63, 3.8) is 0 Å². The number of amides is 2. The molecule has 1 fully saturated rings. The Balaban J connectivity index is 1.19. The van der Waals surface area contributed by atoms with Gasteiger partial charge in [-0.2, -0.15) is 0 Å². The first kappa shape index (κ1) is 22.1. The van der Waals surface area contributed by atoms with Crippen LogP contribution in [0.4, 0.5) is 17.1 Å². The maximum atomic E-state index is 12.6. The first-order valence-corrected chi connectivity index (χ1v) is 12.1. The van der Waals surface area contributed by atoms with Crippen LogP contribution in [0.2, 0.25) is 0 Å². The van der Waals surface area contributed by atoms with Crippen LogP contribution in [0.5, 0.6) is 0 Å². The zero-order chi connectivity index (χ0) is 23.5. The van der Waals surface area contributed by atoms with Crippen molar-refractivity contribution in [2.75, 3.05) is 16.0 Å². The van der Waals surface area contributed by atoms with Gasteiger partial charge in [-0.1, -0.05) is 25.1 Å². The maximum absolute atomic E-state index is 12.6. The van der Waals surface area contributed by atoms with Crippen molar-refractivity contribution in [1.82, 2.24) is 4.98 Å². The number of fused-ring (bicyclic) bond motifs is 1. The highest BCUT2D eigenvalue weighted by atomic mass is 16.2. The molecule has 2 heterocycles. The minimum atomic E-state index is -0.219. The lowest BCUT2D eigenvalue weighted by Gasteiger charge is -2.25. The van der Waals surface area contributed by atoms with Gasteiger partial charge < -0.3 is 16.0 Å². The van der Waals surface area contributed by atoms with Crippen molar-refractivity contribution in [2.24, 2.45) is 11.8 Å². The fourth-order valence-corrected chi connectivity index (χ4v) is 4.90. The third-order valence-corrected chi connectivity index (χ3v) is 6.98. The van der Waals surface area contributed by atoms with E-state index in [4.69, 9.17) is 0 Å². The van der Waals surface area contributed by atoms with Gasteiger partial charge in [-0.05, 0) is 91.6 Å². The van der Waals surface area contributed by atoms with E-state index in [0.717, 1.165) is 60.6 Å². The van der Waals surface area contributed by atoms with E-state index in [0.29, 0.717) is 5.69 Å². The van der Waals surface area contributed by atoms with Gasteiger partial charge in [0.25, 0.3) is 5.91 Å². The summed E-state index contributed by atoms with van der Waals surface area (Å²) < 4.78 is 0. The fourth-order valence-electron chi connectivity index (χ4n) is 4.90. The summed E-state index contributed by atoms with van der Waals surface area (Å²) in [6.07, 6.45) is 6.69. The molecule has 0 saturated heterocycles. The quantitative estimate of drug-likeness (QED) is 0.454. The lowest BCUT2D eigenvalue weighted by molar-refractivity contribution is -0.121. The van der Waals surface area contributed by atoms with Gasteiger partial charge in [0.1, 0.15) is 5.69 Å². The molecule has 0 radical (unpaired) electrons. The monoisotopic (exact) mass is 454 g/mol. The van der Waals surface area contributed by atoms with Crippen LogP contribution in [-0.4, -0.2) is 16.8 Å². The van der Waals surface area contributed by atoms with Gasteiger partial charge in [0.2, 0.25) is 5.91 Å². The van der Waals surface area contributed by atoms with E-state index in [1.54, 1.807) is 24.4 Å². The van der Waals surface area contributed by atoms with Gasteiger partial charge in [-0.15, -0.1) is 0 Å². The lowest BCUT2D eigenvalue weighted by atomic mass is 9.82. The Morgan fingerprint density at radius 3 is 2.41 bits per heavy atom. The number of benzene rings is 2. The van der Waals surface area contributed by atoms with Crippen molar-refractivity contribution < 1.29 is 9.59 Å². The number of hydrogen-bond donors (Lipinski definition) is 3. The van der Waals surface area contributed by atoms with Gasteiger partial charge in [0.05, 0.1) is 6.04 Å². The van der Waals surface area contributed by atoms with Crippen LogP contribution >= 0.6 is 0 Å². The summed E-state index contributed by atoms with van der Waals surface area (Å²) >= 11 is 0. The molecule has 6 heteroatoms. The summed E-state index contributed by atoms with van der Waals surface area (Å²) in [6, 6.07) is 19.5. The van der Waals surface area contributed by atoms with Crippen molar-refractivity contribution in [3.05, 3.63) is 83.7 Å². The Bertz CT molecular complexity index is 1170. The van der Waals surface area contributed by atoms with Crippen LogP contribution in [0.25, 0.3) is 0 Å². The molecule has 5 rings (SSSR count). The Kier molecular flexibility index (Phi) is 6.30. The summed E-state index contributed by atoms with van der Waals surface area (Å²) in [5.41, 5.74) is 5.40. The van der Waals surface area contributed by atoms with Gasteiger partial charge in [0.15, 0.2) is 0 Å². The van der Waals surface area contributed by atoms with Crippen molar-refractivity contribution >= 4 is 28.9 Å². The Morgan fingerprint density at radius 1 is 0.912 bits per heavy atom. The molecule has 1 atom stereocenters. The molecule has 3 N–H and O–H groups in total. The van der Waals surface area contributed by atoms with E-state index >= 15 is 0 Å². The van der Waals surface area contributed by atoms with E-state index in [2.05, 4.69) is 40.0 Å². The Labute approximate surface area is 200 Å². The van der Waals surface area contributed by atoms with Crippen LogP contribution in [0.1, 0.15) is 60.3 Å². The molecule has 6 nitrogen and oxygen atoms in total. The molecule has 174 valence electrons. The van der Waals surface area contributed by atoms with Crippen molar-refractivity contribution in [1.29, 1.82) is 0 Å². The highest BCUT2D eigenvalue weighted by molar-refractivity contribution is 6.03. The van der Waals surface area contributed by atoms with Gasteiger partial charge in [-0.3, -0.25) is 14.6 Å². The number of rotatable bonds is 5. The highest BCUT2D eigenvalue weighted by Crippen LogP contribution is 2.36. The summed E-state index contributed by atoms with van der Waals surface area (Å²) in [6.45, 7) is 2.27. The van der Waals surface area contributed by atoms with E-state index < -0.39 is 0 Å². The minimum Gasteiger partial charge on any atom is -0.378 e. The molecule has 3 aromatic rings. The summed E-state index contributed by atoms with van der Waals surface area (Å²) in [7, 11) is 0. The van der Waals surface area contributed by atoms with Crippen LogP contribution in [-0.2, 0) is 11.2 Å². The molecular formula is C28H30N4O2. The largest absolute Gasteiger partial charge is 0.378 e. The van der Waals surface area contributed by atoms with Gasteiger partial charge in [-0.25, -0.2) is 0 Å². The number of carbonyl (C=O) groups excluding carboxylic acids is 2. The maximum Gasteiger partial charge on any atom is 0.274 e. The second-order valence-corrected chi connectivity index (χ2v) is 9.51. The summed E-state index contributed by atoms with van der Waals surface area (Å²) in [5, 5.41) is 9.59. The van der Waals surface area contributed by atoms with E-state index in [-0.39, 0.29) is 23.8 Å². The first-order valence-electron chi connectivity index (χ1n) is 12.1. The minimum absolute atomic E-state index is 0.134. The Hall–Kier alpha value is -3.67. The third-order valence-electron chi connectivity index (χ3n) is 6.98. The molecular weight excluding hydrogens is 424 g/mol. The lowest BCUT2D eigenvalue weighted by Crippen LogP contribution is -2.26.